The van der Waals surface area contributed by atoms with Gasteiger partial charge in [0.1, 0.15) is 5.75 Å². The number of hydrogen-bond acceptors (Lipinski definition) is 4. The zero-order chi connectivity index (χ0) is 22.1. The molecule has 0 unspecified atom stereocenters. The van der Waals surface area contributed by atoms with E-state index >= 15 is 0 Å². The van der Waals surface area contributed by atoms with Crippen molar-refractivity contribution in [2.24, 2.45) is 0 Å². The van der Waals surface area contributed by atoms with Crippen LogP contribution < -0.4 is 5.32 Å². The monoisotopic (exact) mass is 439 g/mol. The van der Waals surface area contributed by atoms with Crippen LogP contribution in [0, 0.1) is 0 Å². The van der Waals surface area contributed by atoms with Gasteiger partial charge in [-0.25, -0.2) is 8.42 Å². The van der Waals surface area contributed by atoms with Crippen LogP contribution >= 0.6 is 0 Å². The molecule has 1 N–H and O–H groups in total. The summed E-state index contributed by atoms with van der Waals surface area (Å²) in [5.74, 6) is -0.903. The molecule has 1 amide bonds. The van der Waals surface area contributed by atoms with E-state index in [2.05, 4.69) is 5.32 Å². The zero-order valence-corrected chi connectivity index (χ0v) is 18.6. The SMILES string of the molecule is CCCCCS(=O)(=O)CC(=O)NCc1cn(Cc2ccccc2)nc1-c1ccccc1. The average Bonchev–Trinajstić information content (AvgIpc) is 3.16. The number of aromatic nitrogens is 2. The van der Waals surface area contributed by atoms with Gasteiger partial charge in [-0.2, -0.15) is 5.10 Å². The largest absolute Gasteiger partial charge is 0.351 e. The van der Waals surface area contributed by atoms with Crippen molar-refractivity contribution in [2.75, 3.05) is 11.5 Å². The summed E-state index contributed by atoms with van der Waals surface area (Å²) < 4.78 is 26.1. The molecule has 1 aromatic heterocycles. The third kappa shape index (κ3) is 7.07. The second-order valence-electron chi connectivity index (χ2n) is 7.63. The van der Waals surface area contributed by atoms with E-state index in [0.717, 1.165) is 35.2 Å². The fourth-order valence-corrected chi connectivity index (χ4v) is 4.66. The Hall–Kier alpha value is -2.93. The lowest BCUT2D eigenvalue weighted by atomic mass is 10.1. The minimum Gasteiger partial charge on any atom is -0.351 e. The van der Waals surface area contributed by atoms with Crippen LogP contribution in [0.5, 0.6) is 0 Å². The number of nitrogens with zero attached hydrogens (tertiary/aromatic N) is 2. The molecule has 0 fully saturated rings. The minimum absolute atomic E-state index is 0.0541. The second kappa shape index (κ2) is 10.9. The van der Waals surface area contributed by atoms with Gasteiger partial charge in [-0.15, -0.1) is 0 Å². The summed E-state index contributed by atoms with van der Waals surface area (Å²) in [6.45, 7) is 2.85. The molecule has 0 spiro atoms. The Labute approximate surface area is 184 Å². The Morgan fingerprint density at radius 2 is 1.68 bits per heavy atom. The number of carbonyl (C=O) groups excluding carboxylic acids is 1. The number of sulfone groups is 1. The van der Waals surface area contributed by atoms with E-state index < -0.39 is 21.5 Å². The molecule has 0 atom stereocenters. The van der Waals surface area contributed by atoms with E-state index in [1.165, 1.54) is 0 Å². The number of benzene rings is 2. The predicted octanol–water partition coefficient (Wildman–Crippen LogP) is 3.82. The Balaban J connectivity index is 1.71. The van der Waals surface area contributed by atoms with Gasteiger partial charge in [0, 0.05) is 23.9 Å². The fraction of sp³-hybridized carbons (Fsp3) is 0.333. The van der Waals surface area contributed by atoms with Crippen molar-refractivity contribution in [3.05, 3.63) is 78.0 Å². The second-order valence-corrected chi connectivity index (χ2v) is 9.81. The molecule has 6 nitrogen and oxygen atoms in total. The lowest BCUT2D eigenvalue weighted by Crippen LogP contribution is -2.31. The van der Waals surface area contributed by atoms with E-state index in [0.29, 0.717) is 13.0 Å². The van der Waals surface area contributed by atoms with Crippen LogP contribution in [0.4, 0.5) is 0 Å². The molecule has 164 valence electrons. The molecule has 2 aromatic carbocycles. The van der Waals surface area contributed by atoms with Crippen molar-refractivity contribution < 1.29 is 13.2 Å². The third-order valence-corrected chi connectivity index (χ3v) is 6.57. The van der Waals surface area contributed by atoms with Crippen LogP contribution in [0.25, 0.3) is 11.3 Å². The number of amides is 1. The summed E-state index contributed by atoms with van der Waals surface area (Å²) >= 11 is 0. The maximum Gasteiger partial charge on any atom is 0.235 e. The van der Waals surface area contributed by atoms with Crippen molar-refractivity contribution in [1.29, 1.82) is 0 Å². The molecule has 0 bridgehead atoms. The van der Waals surface area contributed by atoms with Crippen LogP contribution in [0.2, 0.25) is 0 Å². The normalized spacial score (nSPS) is 11.4. The summed E-state index contributed by atoms with van der Waals surface area (Å²) in [5, 5.41) is 7.49. The van der Waals surface area contributed by atoms with Crippen LogP contribution in [0.1, 0.15) is 37.3 Å². The molecule has 0 saturated carbocycles. The molecule has 31 heavy (non-hydrogen) atoms. The summed E-state index contributed by atoms with van der Waals surface area (Å²) in [4.78, 5) is 12.3. The first-order valence-electron chi connectivity index (χ1n) is 10.6. The van der Waals surface area contributed by atoms with E-state index in [-0.39, 0.29) is 12.3 Å². The first-order valence-corrected chi connectivity index (χ1v) is 12.4. The van der Waals surface area contributed by atoms with Gasteiger partial charge >= 0.3 is 0 Å². The molecular weight excluding hydrogens is 410 g/mol. The smallest absolute Gasteiger partial charge is 0.235 e. The number of nitrogens with one attached hydrogen (secondary N) is 1. The van der Waals surface area contributed by atoms with Gasteiger partial charge in [0.25, 0.3) is 0 Å². The highest BCUT2D eigenvalue weighted by atomic mass is 32.2. The molecule has 3 aromatic rings. The summed E-state index contributed by atoms with van der Waals surface area (Å²) in [6, 6.07) is 19.8. The van der Waals surface area contributed by atoms with Crippen molar-refractivity contribution in [2.45, 2.75) is 39.3 Å². The van der Waals surface area contributed by atoms with Gasteiger partial charge in [0.15, 0.2) is 9.84 Å². The molecule has 0 saturated heterocycles. The van der Waals surface area contributed by atoms with Crippen molar-refractivity contribution in [3.63, 3.8) is 0 Å². The van der Waals surface area contributed by atoms with E-state index in [1.54, 1.807) is 0 Å². The lowest BCUT2D eigenvalue weighted by Gasteiger charge is -2.07. The Bertz CT molecular complexity index is 1080. The third-order valence-electron chi connectivity index (χ3n) is 4.96. The standard InChI is InChI=1S/C24H29N3O3S/c1-2-3-10-15-31(29,30)19-23(28)25-16-22-18-27(17-20-11-6-4-7-12-20)26-24(22)21-13-8-5-9-14-21/h4-9,11-14,18H,2-3,10,15-17,19H2,1H3,(H,25,28). The van der Waals surface area contributed by atoms with E-state index in [4.69, 9.17) is 5.10 Å². The topological polar surface area (TPSA) is 81.1 Å². The van der Waals surface area contributed by atoms with Crippen molar-refractivity contribution in [3.8, 4) is 11.3 Å². The molecule has 1 heterocycles. The van der Waals surface area contributed by atoms with Crippen LogP contribution in [0.3, 0.4) is 0 Å². The first kappa shape index (κ1) is 22.7. The van der Waals surface area contributed by atoms with Gasteiger partial charge < -0.3 is 5.32 Å². The Kier molecular flexibility index (Phi) is 8.00. The number of unbranched alkanes of at least 4 members (excludes halogenated alkanes) is 2. The quantitative estimate of drug-likeness (QED) is 0.461. The molecule has 0 aliphatic heterocycles. The minimum atomic E-state index is -3.39. The Morgan fingerprint density at radius 3 is 2.35 bits per heavy atom. The number of hydrogen-bond donors (Lipinski definition) is 1. The van der Waals surface area contributed by atoms with Gasteiger partial charge in [0.05, 0.1) is 18.0 Å². The number of rotatable bonds is 11. The molecule has 0 aliphatic rings. The highest BCUT2D eigenvalue weighted by Gasteiger charge is 2.18. The van der Waals surface area contributed by atoms with Gasteiger partial charge in [0.2, 0.25) is 5.91 Å². The summed E-state index contributed by atoms with van der Waals surface area (Å²) in [5.41, 5.74) is 3.70. The van der Waals surface area contributed by atoms with Crippen molar-refractivity contribution in [1.82, 2.24) is 15.1 Å². The van der Waals surface area contributed by atoms with E-state index in [9.17, 15) is 13.2 Å². The van der Waals surface area contributed by atoms with Gasteiger partial charge in [-0.05, 0) is 12.0 Å². The maximum atomic E-state index is 12.3. The summed E-state index contributed by atoms with van der Waals surface area (Å²) in [6.07, 6.45) is 4.29. The molecule has 0 radical (unpaired) electrons. The molecular formula is C24H29N3O3S. The highest BCUT2D eigenvalue weighted by molar-refractivity contribution is 7.92. The average molecular weight is 440 g/mol. The lowest BCUT2D eigenvalue weighted by molar-refractivity contribution is -0.118. The van der Waals surface area contributed by atoms with Crippen LogP contribution in [-0.2, 0) is 27.7 Å². The number of carbonyl (C=O) groups is 1. The van der Waals surface area contributed by atoms with Crippen LogP contribution in [0.15, 0.2) is 66.9 Å². The molecule has 7 heteroatoms. The Morgan fingerprint density at radius 1 is 1.00 bits per heavy atom. The van der Waals surface area contributed by atoms with Gasteiger partial charge in [-0.3, -0.25) is 9.48 Å². The first-order chi connectivity index (χ1) is 15.0. The zero-order valence-electron chi connectivity index (χ0n) is 17.8. The van der Waals surface area contributed by atoms with E-state index in [1.807, 2.05) is 78.5 Å². The van der Waals surface area contributed by atoms with Gasteiger partial charge in [-0.1, -0.05) is 80.4 Å². The highest BCUT2D eigenvalue weighted by Crippen LogP contribution is 2.22. The summed E-state index contributed by atoms with van der Waals surface area (Å²) in [7, 11) is -3.39. The van der Waals surface area contributed by atoms with Crippen molar-refractivity contribution >= 4 is 15.7 Å². The fourth-order valence-electron chi connectivity index (χ4n) is 3.37. The van der Waals surface area contributed by atoms with Crippen LogP contribution in [-0.4, -0.2) is 35.6 Å². The predicted molar refractivity (Wildman–Crippen MR) is 123 cm³/mol. The molecule has 0 aliphatic carbocycles. The molecule has 3 rings (SSSR count). The maximum absolute atomic E-state index is 12.3.